The Kier molecular flexibility index (Phi) is 44.1. The van der Waals surface area contributed by atoms with Crippen LogP contribution in [0.2, 0.25) is 0 Å². The predicted molar refractivity (Wildman–Crippen MR) is 437 cm³/mol. The monoisotopic (exact) mass is 1690 g/mol. The number of phenolic OH excluding ortho intramolecular Hbond substituents is 1. The van der Waals surface area contributed by atoms with Crippen molar-refractivity contribution in [3.63, 3.8) is 0 Å². The van der Waals surface area contributed by atoms with E-state index in [0.717, 1.165) is 0 Å². The number of carbonyl (C=O) groups is 17. The number of aliphatic hydroxyl groups excluding tert-OH is 1. The SMILES string of the molecule is CC[C@H](C)[C@H](NC(=O)[C@H](CCC(N)=O)NC(=O)[C@H](CCCCN)NC(=O)[C@@H](N)C(C)C)C(=O)N[C@@H](Cc1ccc(O)cc1)C(=O)N[C@@H](CCCCN)C(=O)N[C@H](C(=O)N1CCC[C@H]1C(=O)N1CCC[C@H]1C(=O)N[C@H](C(=O)N[C@@H](CCCCN)C(=O)N[C@@H](CC(=O)O)C(=O)N[C@@H](Cc1ccccc1)C(=O)NCC(=O)NCC(=O)O)[C@@H](C)CC)[C@@H](C)O. The van der Waals surface area contributed by atoms with Gasteiger partial charge in [-0.05, 0) is 157 Å². The molecule has 40 heteroatoms. The molecule has 0 radical (unpaired) electrons. The Hall–Kier alpha value is -11.0. The molecular formula is C80H127N19O21. The summed E-state index contributed by atoms with van der Waals surface area (Å²) < 4.78 is 0. The number of aliphatic hydroxyl groups is 1. The van der Waals surface area contributed by atoms with Crippen LogP contribution in [-0.4, -0.2) is 261 Å². The molecule has 2 saturated heterocycles. The smallest absolute Gasteiger partial charge is 0.322 e. The largest absolute Gasteiger partial charge is 0.508 e. The number of aliphatic carboxylic acids is 2. The normalized spacial score (nSPS) is 17.3. The minimum atomic E-state index is -1.88. The van der Waals surface area contributed by atoms with Crippen LogP contribution >= 0.6 is 0 Å². The van der Waals surface area contributed by atoms with E-state index in [1.54, 1.807) is 71.9 Å². The average molecular weight is 1690 g/mol. The maximum atomic E-state index is 15.0. The summed E-state index contributed by atoms with van der Waals surface area (Å²) in [7, 11) is 0. The highest BCUT2D eigenvalue weighted by atomic mass is 16.4. The molecule has 4 rings (SSSR count). The van der Waals surface area contributed by atoms with Crippen LogP contribution in [0.5, 0.6) is 5.75 Å². The number of likely N-dealkylation sites (tertiary alicyclic amines) is 2. The second-order valence-corrected chi connectivity index (χ2v) is 31.0. The average Bonchev–Trinajstić information content (AvgIpc) is 1.64. The third kappa shape index (κ3) is 33.7. The Labute approximate surface area is 698 Å². The van der Waals surface area contributed by atoms with Gasteiger partial charge in [-0.15, -0.1) is 0 Å². The number of phenols is 1. The van der Waals surface area contributed by atoms with Crippen molar-refractivity contribution in [2.75, 3.05) is 45.8 Å². The van der Waals surface area contributed by atoms with Gasteiger partial charge in [0, 0.05) is 32.4 Å². The lowest BCUT2D eigenvalue weighted by Crippen LogP contribution is -2.62. The molecular weight excluding hydrogens is 1560 g/mol. The molecule has 16 atom stereocenters. The molecule has 0 spiro atoms. The standard InChI is InChI=1S/C80H127N19O21/c1-8-45(5)65(95-72(112)54(32-33-60(84)102)89-69(109)51(23-13-16-34-81)90-76(116)64(85)44(3)4)78(118)94-56(40-49-28-30-50(101)31-29-49)73(113)88-53(25-15-18-36-83)71(111)97-67(47(7)100)80(120)99-38-20-27-59(99)79(119)98-37-19-26-58(98)75(115)96-66(46(6)9-2)77(117)91-52(24-14-17-35-82)70(110)93-57(41-62(104)105)74(114)92-55(39-48-21-11-10-12-22-48)68(108)87-42-61(103)86-43-63(106)107/h10-12,21-22,28-31,44-47,51-59,64-67,100-101H,8-9,13-20,23-27,32-43,81-83,85H2,1-7H3,(H2,84,102)(H,86,103)(H,87,108)(H,88,113)(H,89,109)(H,90,116)(H,91,117)(H,92,114)(H,93,110)(H,94,118)(H,95,112)(H,96,115)(H,97,111)(H,104,105)(H,106,107)/t45-,46-,47+,51-,52-,53-,54-,55-,56-,57-,58-,59-,64-,65-,66-,67-/m0/s1. The number of hydrogen-bond donors (Lipinski definition) is 21. The van der Waals surface area contributed by atoms with Crippen molar-refractivity contribution in [1.82, 2.24) is 73.6 Å². The molecule has 15 amide bonds. The number of hydrogen-bond acceptors (Lipinski definition) is 23. The Bertz CT molecular complexity index is 3780. The second-order valence-electron chi connectivity index (χ2n) is 31.0. The van der Waals surface area contributed by atoms with E-state index in [2.05, 4.69) is 63.8 Å². The van der Waals surface area contributed by atoms with Gasteiger partial charge in [-0.1, -0.05) is 96.8 Å². The zero-order valence-electron chi connectivity index (χ0n) is 69.6. The van der Waals surface area contributed by atoms with Crippen molar-refractivity contribution in [3.05, 3.63) is 65.7 Å². The van der Waals surface area contributed by atoms with Gasteiger partial charge in [0.1, 0.15) is 84.8 Å². The van der Waals surface area contributed by atoms with Gasteiger partial charge in [0.05, 0.1) is 25.1 Å². The molecule has 40 nitrogen and oxygen atoms in total. The first-order valence-electron chi connectivity index (χ1n) is 41.2. The number of nitrogens with one attached hydrogen (secondary N) is 12. The van der Waals surface area contributed by atoms with Crippen LogP contribution in [-0.2, 0) is 94.3 Å². The molecule has 0 aliphatic carbocycles. The molecule has 2 aliphatic heterocycles. The first-order valence-corrected chi connectivity index (χ1v) is 41.2. The number of carboxylic acid groups (broad SMARTS) is 2. The number of primary amides is 1. The number of unbranched alkanes of at least 4 members (excludes halogenated alkanes) is 3. The predicted octanol–water partition coefficient (Wildman–Crippen LogP) is -4.09. The molecule has 2 fully saturated rings. The fourth-order valence-corrected chi connectivity index (χ4v) is 13.6. The van der Waals surface area contributed by atoms with Crippen molar-refractivity contribution in [1.29, 1.82) is 0 Å². The van der Waals surface area contributed by atoms with E-state index < -0.39 is 223 Å². The van der Waals surface area contributed by atoms with Gasteiger partial charge in [0.2, 0.25) is 88.6 Å². The Morgan fingerprint density at radius 2 is 0.867 bits per heavy atom. The number of nitrogens with two attached hydrogens (primary N) is 5. The van der Waals surface area contributed by atoms with Gasteiger partial charge in [0.25, 0.3) is 0 Å². The highest BCUT2D eigenvalue weighted by Crippen LogP contribution is 2.27. The minimum absolute atomic E-state index is 0.0170. The summed E-state index contributed by atoms with van der Waals surface area (Å²) in [5.74, 6) is -17.9. The van der Waals surface area contributed by atoms with Gasteiger partial charge in [-0.25, -0.2) is 0 Å². The second kappa shape index (κ2) is 52.2. The minimum Gasteiger partial charge on any atom is -0.508 e. The third-order valence-corrected chi connectivity index (χ3v) is 21.2. The van der Waals surface area contributed by atoms with Crippen molar-refractivity contribution in [3.8, 4) is 5.75 Å². The summed E-state index contributed by atoms with van der Waals surface area (Å²) in [6, 6.07) is -4.83. The molecule has 668 valence electrons. The van der Waals surface area contributed by atoms with E-state index in [1.165, 1.54) is 41.0 Å². The molecule has 2 heterocycles. The van der Waals surface area contributed by atoms with Crippen LogP contribution in [0.25, 0.3) is 0 Å². The fraction of sp³-hybridized carbons (Fsp3) is 0.637. The van der Waals surface area contributed by atoms with Crippen LogP contribution in [0.3, 0.4) is 0 Å². The number of aromatic hydroxyl groups is 1. The lowest BCUT2D eigenvalue weighted by Gasteiger charge is -2.34. The Morgan fingerprint density at radius 3 is 1.35 bits per heavy atom. The summed E-state index contributed by atoms with van der Waals surface area (Å²) in [4.78, 5) is 238. The summed E-state index contributed by atoms with van der Waals surface area (Å²) in [5.41, 5.74) is 29.9. The first-order chi connectivity index (χ1) is 56.9. The number of carboxylic acids is 2. The Morgan fingerprint density at radius 1 is 0.450 bits per heavy atom. The van der Waals surface area contributed by atoms with Crippen LogP contribution < -0.4 is 92.5 Å². The Balaban J connectivity index is 1.59. The summed E-state index contributed by atoms with van der Waals surface area (Å²) >= 11 is 0. The third-order valence-electron chi connectivity index (χ3n) is 21.2. The van der Waals surface area contributed by atoms with Crippen LogP contribution in [0.1, 0.15) is 175 Å². The number of nitrogens with zero attached hydrogens (tertiary/aromatic N) is 2. The number of benzene rings is 2. The van der Waals surface area contributed by atoms with E-state index in [-0.39, 0.29) is 134 Å². The summed E-state index contributed by atoms with van der Waals surface area (Å²) in [6.07, 6.45) is -0.774. The molecule has 26 N–H and O–H groups in total. The molecule has 2 aromatic carbocycles. The lowest BCUT2D eigenvalue weighted by atomic mass is 9.96. The quantitative estimate of drug-likeness (QED) is 0.0280. The van der Waals surface area contributed by atoms with Crippen LogP contribution in [0, 0.1) is 17.8 Å². The molecule has 2 aliphatic rings. The maximum Gasteiger partial charge on any atom is 0.322 e. The highest BCUT2D eigenvalue weighted by Gasteiger charge is 2.47. The van der Waals surface area contributed by atoms with Crippen LogP contribution in [0.15, 0.2) is 54.6 Å². The van der Waals surface area contributed by atoms with E-state index in [0.29, 0.717) is 36.8 Å². The summed E-state index contributed by atoms with van der Waals surface area (Å²) in [6.45, 7) is 10.5. The number of carbonyl (C=O) groups excluding carboxylic acids is 15. The zero-order valence-corrected chi connectivity index (χ0v) is 69.6. The van der Waals surface area contributed by atoms with Crippen LogP contribution in [0.4, 0.5) is 0 Å². The fourth-order valence-electron chi connectivity index (χ4n) is 13.6. The van der Waals surface area contributed by atoms with Gasteiger partial charge in [0.15, 0.2) is 0 Å². The number of rotatable bonds is 54. The number of amides is 15. The van der Waals surface area contributed by atoms with E-state index in [1.807, 2.05) is 0 Å². The highest BCUT2D eigenvalue weighted by molar-refractivity contribution is 6.01. The zero-order chi connectivity index (χ0) is 89.5. The topological polar surface area (TPSA) is 652 Å². The van der Waals surface area contributed by atoms with Gasteiger partial charge in [-0.3, -0.25) is 81.5 Å². The first kappa shape index (κ1) is 101. The van der Waals surface area contributed by atoms with Gasteiger partial charge < -0.3 is 123 Å². The van der Waals surface area contributed by atoms with E-state index in [9.17, 15) is 96.8 Å². The van der Waals surface area contributed by atoms with Crippen molar-refractivity contribution in [2.45, 2.75) is 262 Å². The maximum absolute atomic E-state index is 15.0. The molecule has 2 aromatic rings. The van der Waals surface area contributed by atoms with Crippen molar-refractivity contribution in [2.24, 2.45) is 46.4 Å². The van der Waals surface area contributed by atoms with Gasteiger partial charge >= 0.3 is 11.9 Å². The lowest BCUT2D eigenvalue weighted by molar-refractivity contribution is -0.149. The summed E-state index contributed by atoms with van der Waals surface area (Å²) in [5, 5.41) is 71.1. The molecule has 0 saturated carbocycles. The van der Waals surface area contributed by atoms with Gasteiger partial charge in [-0.2, -0.15) is 0 Å². The van der Waals surface area contributed by atoms with Crippen molar-refractivity contribution < 1.29 is 102 Å². The molecule has 0 aromatic heterocycles. The molecule has 0 bridgehead atoms. The molecule has 0 unspecified atom stereocenters. The van der Waals surface area contributed by atoms with E-state index >= 15 is 0 Å². The van der Waals surface area contributed by atoms with E-state index in [4.69, 9.17) is 33.8 Å². The van der Waals surface area contributed by atoms with Crippen molar-refractivity contribution >= 4 is 101 Å². The molecule has 120 heavy (non-hydrogen) atoms.